The van der Waals surface area contributed by atoms with Crippen LogP contribution < -0.4 is 5.32 Å². The van der Waals surface area contributed by atoms with Crippen LogP contribution >= 0.6 is 11.6 Å². The fourth-order valence-electron chi connectivity index (χ4n) is 1.94. The Hall–Kier alpha value is -0.620. The molecule has 0 radical (unpaired) electrons. The maximum atomic E-state index is 6.25. The molecule has 20 heavy (non-hydrogen) atoms. The Morgan fingerprint density at radius 3 is 2.75 bits per heavy atom. The highest BCUT2D eigenvalue weighted by Gasteiger charge is 2.11. The maximum Gasteiger partial charge on any atom is 0.0860 e. The molecule has 0 saturated heterocycles. The lowest BCUT2D eigenvalue weighted by Gasteiger charge is -2.08. The van der Waals surface area contributed by atoms with E-state index in [0.29, 0.717) is 13.2 Å². The van der Waals surface area contributed by atoms with Gasteiger partial charge >= 0.3 is 0 Å². The van der Waals surface area contributed by atoms with Gasteiger partial charge in [0.15, 0.2) is 0 Å². The lowest BCUT2D eigenvalue weighted by Crippen LogP contribution is -2.18. The Morgan fingerprint density at radius 1 is 1.25 bits per heavy atom. The Kier molecular flexibility index (Phi) is 8.85. The van der Waals surface area contributed by atoms with Gasteiger partial charge in [0.25, 0.3) is 0 Å². The fraction of sp³-hybridized carbons (Fsp3) is 0.786. The lowest BCUT2D eigenvalue weighted by molar-refractivity contribution is 0.0688. The van der Waals surface area contributed by atoms with Crippen LogP contribution in [0, 0.1) is 6.92 Å². The summed E-state index contributed by atoms with van der Waals surface area (Å²) in [6.07, 6.45) is 2.14. The molecule has 0 bridgehead atoms. The summed E-state index contributed by atoms with van der Waals surface area (Å²) < 4.78 is 12.3. The van der Waals surface area contributed by atoms with Crippen molar-refractivity contribution >= 4 is 11.6 Å². The predicted octanol–water partition coefficient (Wildman–Crippen LogP) is 2.40. The molecule has 1 heterocycles. The summed E-state index contributed by atoms with van der Waals surface area (Å²) in [5.74, 6) is 0. The van der Waals surface area contributed by atoms with Crippen LogP contribution in [0.2, 0.25) is 5.02 Å². The molecule has 0 aliphatic rings. The number of nitrogens with zero attached hydrogens (tertiary/aromatic N) is 2. The first-order valence-electron chi connectivity index (χ1n) is 7.19. The number of rotatable bonds is 11. The second-order valence-corrected chi connectivity index (χ2v) is 5.03. The summed E-state index contributed by atoms with van der Waals surface area (Å²) in [5.41, 5.74) is 1.97. The molecule has 1 N–H and O–H groups in total. The number of halogens is 1. The summed E-state index contributed by atoms with van der Waals surface area (Å²) >= 11 is 6.25. The number of hydrogen-bond acceptors (Lipinski definition) is 4. The summed E-state index contributed by atoms with van der Waals surface area (Å²) in [5, 5.41) is 8.59. The first kappa shape index (κ1) is 17.4. The van der Waals surface area contributed by atoms with E-state index in [9.17, 15) is 0 Å². The lowest BCUT2D eigenvalue weighted by atomic mass is 10.3. The normalized spacial score (nSPS) is 11.2. The molecule has 5 nitrogen and oxygen atoms in total. The Bertz CT molecular complexity index is 383. The minimum atomic E-state index is 0.664. The van der Waals surface area contributed by atoms with Crippen LogP contribution in [-0.2, 0) is 22.6 Å². The van der Waals surface area contributed by atoms with E-state index in [2.05, 4.69) is 17.3 Å². The van der Waals surface area contributed by atoms with Gasteiger partial charge < -0.3 is 14.8 Å². The monoisotopic (exact) mass is 303 g/mol. The van der Waals surface area contributed by atoms with E-state index in [1.165, 1.54) is 0 Å². The molecule has 1 aromatic rings. The molecule has 0 amide bonds. The van der Waals surface area contributed by atoms with Gasteiger partial charge in [0.05, 0.1) is 29.6 Å². The summed E-state index contributed by atoms with van der Waals surface area (Å²) in [7, 11) is 1.68. The first-order valence-corrected chi connectivity index (χ1v) is 7.57. The van der Waals surface area contributed by atoms with Gasteiger partial charge in [0, 0.05) is 26.8 Å². The van der Waals surface area contributed by atoms with Gasteiger partial charge in [-0.1, -0.05) is 11.6 Å². The quantitative estimate of drug-likeness (QED) is 0.638. The fourth-order valence-corrected chi connectivity index (χ4v) is 2.15. The first-order chi connectivity index (χ1) is 9.70. The van der Waals surface area contributed by atoms with Crippen LogP contribution in [0.5, 0.6) is 0 Å². The number of methoxy groups -OCH3 is 1. The van der Waals surface area contributed by atoms with E-state index in [0.717, 1.165) is 55.5 Å². The van der Waals surface area contributed by atoms with E-state index < -0.39 is 0 Å². The Balaban J connectivity index is 2.12. The van der Waals surface area contributed by atoms with Crippen molar-refractivity contribution in [3.63, 3.8) is 0 Å². The largest absolute Gasteiger partial charge is 0.382 e. The minimum absolute atomic E-state index is 0.664. The van der Waals surface area contributed by atoms with Crippen molar-refractivity contribution in [1.29, 1.82) is 0 Å². The van der Waals surface area contributed by atoms with Crippen LogP contribution in [0.15, 0.2) is 0 Å². The highest BCUT2D eigenvalue weighted by molar-refractivity contribution is 6.31. The molecule has 0 atom stereocenters. The Labute approximate surface area is 126 Å². The molecule has 0 aromatic carbocycles. The molecule has 0 fully saturated rings. The minimum Gasteiger partial charge on any atom is -0.382 e. The highest BCUT2D eigenvalue weighted by Crippen LogP contribution is 2.19. The number of nitrogens with one attached hydrogen (secondary N) is 1. The van der Waals surface area contributed by atoms with Gasteiger partial charge in [-0.15, -0.1) is 0 Å². The number of ether oxygens (including phenoxy) is 2. The molecule has 6 heteroatoms. The summed E-state index contributed by atoms with van der Waals surface area (Å²) in [6, 6.07) is 0. The molecule has 0 spiro atoms. The molecule has 0 unspecified atom stereocenters. The van der Waals surface area contributed by atoms with E-state index in [1.54, 1.807) is 7.11 Å². The molecule has 1 aromatic heterocycles. The molecule has 0 aliphatic heterocycles. The zero-order valence-electron chi connectivity index (χ0n) is 12.7. The molecule has 0 aliphatic carbocycles. The van der Waals surface area contributed by atoms with Crippen LogP contribution in [0.1, 0.15) is 31.2 Å². The van der Waals surface area contributed by atoms with E-state index >= 15 is 0 Å². The zero-order valence-corrected chi connectivity index (χ0v) is 13.5. The highest BCUT2D eigenvalue weighted by atomic mass is 35.5. The maximum absolute atomic E-state index is 6.25. The van der Waals surface area contributed by atoms with Gasteiger partial charge in [-0.2, -0.15) is 5.10 Å². The van der Waals surface area contributed by atoms with E-state index in [4.69, 9.17) is 21.1 Å². The van der Waals surface area contributed by atoms with Crippen molar-refractivity contribution in [3.8, 4) is 0 Å². The van der Waals surface area contributed by atoms with E-state index in [1.807, 2.05) is 11.6 Å². The SMILES string of the molecule is CCn1nc(C)c(Cl)c1CNCCCCOCCOC. The third-order valence-corrected chi connectivity index (χ3v) is 3.56. The molecular formula is C14H26ClN3O2. The third-order valence-electron chi connectivity index (χ3n) is 3.07. The predicted molar refractivity (Wildman–Crippen MR) is 81.3 cm³/mol. The van der Waals surface area contributed by atoms with Crippen molar-refractivity contribution < 1.29 is 9.47 Å². The molecule has 0 saturated carbocycles. The number of aromatic nitrogens is 2. The number of unbranched alkanes of at least 4 members (excludes halogenated alkanes) is 1. The van der Waals surface area contributed by atoms with Crippen LogP contribution in [-0.4, -0.2) is 43.3 Å². The van der Waals surface area contributed by atoms with Crippen LogP contribution in [0.4, 0.5) is 0 Å². The second-order valence-electron chi connectivity index (χ2n) is 4.65. The van der Waals surface area contributed by atoms with Crippen molar-refractivity contribution in [3.05, 3.63) is 16.4 Å². The van der Waals surface area contributed by atoms with Crippen LogP contribution in [0.3, 0.4) is 0 Å². The van der Waals surface area contributed by atoms with Crippen molar-refractivity contribution in [2.24, 2.45) is 0 Å². The average Bonchev–Trinajstić information content (AvgIpc) is 2.73. The zero-order chi connectivity index (χ0) is 14.8. The van der Waals surface area contributed by atoms with Gasteiger partial charge in [0.1, 0.15) is 0 Å². The summed E-state index contributed by atoms with van der Waals surface area (Å²) in [6.45, 7) is 8.70. The smallest absolute Gasteiger partial charge is 0.0860 e. The number of aryl methyl sites for hydroxylation is 2. The molecule has 116 valence electrons. The molecular weight excluding hydrogens is 278 g/mol. The van der Waals surface area contributed by atoms with Crippen molar-refractivity contribution in [2.75, 3.05) is 33.5 Å². The number of hydrogen-bond donors (Lipinski definition) is 1. The Morgan fingerprint density at radius 2 is 2.05 bits per heavy atom. The van der Waals surface area contributed by atoms with Gasteiger partial charge in [-0.05, 0) is 33.2 Å². The van der Waals surface area contributed by atoms with Gasteiger partial charge in [-0.3, -0.25) is 4.68 Å². The standard InChI is InChI=1S/C14H26ClN3O2/c1-4-18-13(14(15)12(2)17-18)11-16-7-5-6-8-20-10-9-19-3/h16H,4-11H2,1-3H3. The average molecular weight is 304 g/mol. The summed E-state index contributed by atoms with van der Waals surface area (Å²) in [4.78, 5) is 0. The van der Waals surface area contributed by atoms with Crippen LogP contribution in [0.25, 0.3) is 0 Å². The third kappa shape index (κ3) is 5.79. The van der Waals surface area contributed by atoms with Gasteiger partial charge in [0.2, 0.25) is 0 Å². The van der Waals surface area contributed by atoms with E-state index in [-0.39, 0.29) is 0 Å². The van der Waals surface area contributed by atoms with Crippen molar-refractivity contribution in [2.45, 2.75) is 39.8 Å². The van der Waals surface area contributed by atoms with Crippen molar-refractivity contribution in [1.82, 2.24) is 15.1 Å². The molecule has 1 rings (SSSR count). The van der Waals surface area contributed by atoms with Gasteiger partial charge in [-0.25, -0.2) is 0 Å². The topological polar surface area (TPSA) is 48.3 Å². The second kappa shape index (κ2) is 10.2.